The molecule has 0 spiro atoms. The van der Waals surface area contributed by atoms with Crippen LogP contribution in [0.5, 0.6) is 5.75 Å². The molecule has 0 radical (unpaired) electrons. The summed E-state index contributed by atoms with van der Waals surface area (Å²) >= 11 is 0. The molecule has 396 valence electrons. The average molecular weight is 977 g/mol. The molecule has 0 bridgehead atoms. The van der Waals surface area contributed by atoms with E-state index < -0.39 is 17.8 Å². The van der Waals surface area contributed by atoms with E-state index in [1.807, 2.05) is 18.3 Å². The predicted octanol–water partition coefficient (Wildman–Crippen LogP) is 20.6. The number of pyridine rings is 2. The molecule has 5 aromatic rings. The Hall–Kier alpha value is -4.66. The van der Waals surface area contributed by atoms with Crippen LogP contribution in [0, 0.1) is 29.6 Å². The van der Waals surface area contributed by atoms with Crippen molar-refractivity contribution >= 4 is 0 Å². The van der Waals surface area contributed by atoms with Gasteiger partial charge in [-0.15, -0.1) is 0 Å². The molecule has 0 aliphatic carbocycles. The molecular weight excluding hydrogens is 879 g/mol. The van der Waals surface area contributed by atoms with Gasteiger partial charge in [-0.1, -0.05) is 199 Å². The monoisotopic (exact) mass is 977 g/mol. The molecule has 3 aromatic carbocycles. The van der Waals surface area contributed by atoms with E-state index in [1.165, 1.54) is 74.2 Å². The van der Waals surface area contributed by atoms with Crippen molar-refractivity contribution in [2.45, 2.75) is 177 Å². The van der Waals surface area contributed by atoms with Crippen molar-refractivity contribution < 1.29 is 31.1 Å². The van der Waals surface area contributed by atoms with E-state index in [9.17, 15) is 26.3 Å². The first-order valence-corrected chi connectivity index (χ1v) is 22.3. The number of hydrogen-bond donors (Lipinski definition) is 0. The molecule has 3 nitrogen and oxygen atoms in total. The van der Waals surface area contributed by atoms with Crippen LogP contribution in [-0.2, 0) is 30.6 Å². The van der Waals surface area contributed by atoms with Crippen molar-refractivity contribution in [3.63, 3.8) is 0 Å². The van der Waals surface area contributed by atoms with Crippen molar-refractivity contribution in [3.8, 4) is 5.75 Å². The Morgan fingerprint density at radius 1 is 0.420 bits per heavy atom. The van der Waals surface area contributed by atoms with Crippen LogP contribution < -0.4 is 4.74 Å². The number of ether oxygens (including phenoxy) is 1. The molecule has 0 fully saturated rings. The largest absolute Gasteiger partial charge is 0.497 e. The number of hydrogen-bond acceptors (Lipinski definition) is 3. The number of benzene rings is 3. The lowest BCUT2D eigenvalue weighted by molar-refractivity contribution is -0.0293. The first-order chi connectivity index (χ1) is 29.6. The lowest BCUT2D eigenvalue weighted by atomic mass is 9.98. The summed E-state index contributed by atoms with van der Waals surface area (Å²) < 4.78 is 85.8. The van der Waals surface area contributed by atoms with Crippen molar-refractivity contribution in [3.05, 3.63) is 162 Å². The van der Waals surface area contributed by atoms with Crippen LogP contribution in [0.3, 0.4) is 0 Å². The number of nitrogens with zero attached hydrogens (tertiary/aromatic N) is 2. The molecule has 2 aromatic heterocycles. The number of halogens is 6. The van der Waals surface area contributed by atoms with Gasteiger partial charge in [0.2, 0.25) is 0 Å². The van der Waals surface area contributed by atoms with Gasteiger partial charge >= 0.3 is 0 Å². The summed E-state index contributed by atoms with van der Waals surface area (Å²) in [6, 6.07) is 35.4. The van der Waals surface area contributed by atoms with Gasteiger partial charge in [0.25, 0.3) is 17.8 Å². The van der Waals surface area contributed by atoms with Crippen LogP contribution in [0.2, 0.25) is 0 Å². The summed E-state index contributed by atoms with van der Waals surface area (Å²) in [5.41, 5.74) is 2.67. The molecule has 0 unspecified atom stereocenters. The maximum absolute atomic E-state index is 13.7. The maximum atomic E-state index is 13.7. The Bertz CT molecular complexity index is 1750. The lowest BCUT2D eigenvalue weighted by Crippen LogP contribution is -2.17. The fourth-order valence-electron chi connectivity index (χ4n) is 6.07. The van der Waals surface area contributed by atoms with Crippen LogP contribution in [0.4, 0.5) is 26.3 Å². The molecule has 0 saturated heterocycles. The van der Waals surface area contributed by atoms with Crippen LogP contribution in [0.25, 0.3) is 0 Å². The summed E-state index contributed by atoms with van der Waals surface area (Å²) in [4.78, 5) is 7.90. The standard InChI is InChI=1S/C12H16F2O.C11H14F2.C11H16.C10H13F2N.C10H15N.6CH4/c1-9(2)8-12(13,14)10-5-4-6-11(7-10)15-3;1-9(2)8-11(12,13)10-6-4-3-5-7-10;1-10(2)8-9-11-6-4-3-5-7-11;1-8(2)7-10(11,12)9-5-3-4-6-13-9;1-9(2)6-7-10-5-3-4-8-11-10;;;;;;/h4-7,9H,8H2,1-3H3;3-7,9H,8H2,1-2H3;3-7,10H,8-9H2,1-2H3;3-6,8H,7H2,1-2H3;3-5,8-9H,6-7H2,1-2H3;6*1H4. The zero-order chi connectivity index (χ0) is 47.5. The summed E-state index contributed by atoms with van der Waals surface area (Å²) in [6.45, 7) is 19.7. The van der Waals surface area contributed by atoms with Crippen molar-refractivity contribution in [2.24, 2.45) is 29.6 Å². The van der Waals surface area contributed by atoms with Crippen molar-refractivity contribution in [1.29, 1.82) is 0 Å². The summed E-state index contributed by atoms with van der Waals surface area (Å²) in [7, 11) is 1.47. The van der Waals surface area contributed by atoms with E-state index in [1.54, 1.807) is 84.0 Å². The molecule has 5 rings (SSSR count). The Morgan fingerprint density at radius 3 is 1.25 bits per heavy atom. The molecule has 9 heteroatoms. The smallest absolute Gasteiger partial charge is 0.289 e. The molecule has 0 N–H and O–H groups in total. The van der Waals surface area contributed by atoms with Gasteiger partial charge in [0.1, 0.15) is 11.4 Å². The second-order valence-corrected chi connectivity index (χ2v) is 17.9. The van der Waals surface area contributed by atoms with Crippen LogP contribution in [0.15, 0.2) is 134 Å². The predicted molar refractivity (Wildman–Crippen MR) is 291 cm³/mol. The molecular formula is C60H98F6N2O. The third-order valence-electron chi connectivity index (χ3n) is 9.28. The summed E-state index contributed by atoms with van der Waals surface area (Å²) in [5.74, 6) is -6.25. The highest BCUT2D eigenvalue weighted by Crippen LogP contribution is 2.36. The minimum absolute atomic E-state index is 0. The first-order valence-electron chi connectivity index (χ1n) is 22.3. The number of aryl methyl sites for hydroxylation is 2. The molecule has 0 atom stereocenters. The van der Waals surface area contributed by atoms with E-state index in [4.69, 9.17) is 4.74 Å². The number of methoxy groups -OCH3 is 1. The van der Waals surface area contributed by atoms with Crippen molar-refractivity contribution in [2.75, 3.05) is 7.11 Å². The van der Waals surface area contributed by atoms with Crippen LogP contribution in [-0.4, -0.2) is 17.1 Å². The molecule has 0 saturated carbocycles. The second kappa shape index (κ2) is 40.1. The topological polar surface area (TPSA) is 35.0 Å². The van der Waals surface area contributed by atoms with Gasteiger partial charge in [0.05, 0.1) is 7.11 Å². The summed E-state index contributed by atoms with van der Waals surface area (Å²) in [6.07, 6.45) is 7.73. The Morgan fingerprint density at radius 2 is 0.826 bits per heavy atom. The third kappa shape index (κ3) is 35.2. The van der Waals surface area contributed by atoms with Crippen LogP contribution >= 0.6 is 0 Å². The van der Waals surface area contributed by atoms with Gasteiger partial charge in [0.15, 0.2) is 0 Å². The van der Waals surface area contributed by atoms with Gasteiger partial charge in [-0.3, -0.25) is 9.97 Å². The summed E-state index contributed by atoms with van der Waals surface area (Å²) in [5, 5.41) is 0. The fraction of sp³-hybridized carbons (Fsp3) is 0.533. The number of alkyl halides is 6. The molecule has 0 aliphatic rings. The fourth-order valence-corrected chi connectivity index (χ4v) is 6.07. The first kappa shape index (κ1) is 75.8. The van der Waals surface area contributed by atoms with E-state index in [0.29, 0.717) is 5.75 Å². The molecule has 0 aliphatic heterocycles. The number of rotatable bonds is 16. The second-order valence-electron chi connectivity index (χ2n) is 17.9. The zero-order valence-corrected chi connectivity index (χ0v) is 39.6. The van der Waals surface area contributed by atoms with Gasteiger partial charge in [-0.2, -0.15) is 8.78 Å². The average Bonchev–Trinajstić information content (AvgIpc) is 3.23. The minimum atomic E-state index is -2.80. The third-order valence-corrected chi connectivity index (χ3v) is 9.28. The zero-order valence-electron chi connectivity index (χ0n) is 39.6. The van der Waals surface area contributed by atoms with E-state index in [2.05, 4.69) is 74.1 Å². The highest BCUT2D eigenvalue weighted by atomic mass is 19.3. The molecule has 0 amide bonds. The maximum Gasteiger partial charge on any atom is 0.289 e. The molecule has 69 heavy (non-hydrogen) atoms. The lowest BCUT2D eigenvalue weighted by Gasteiger charge is -2.19. The Balaban J connectivity index is -0.000000177. The normalized spacial score (nSPS) is 10.5. The van der Waals surface area contributed by atoms with Gasteiger partial charge in [0, 0.05) is 48.5 Å². The highest BCUT2D eigenvalue weighted by Gasteiger charge is 2.34. The van der Waals surface area contributed by atoms with E-state index in [-0.39, 0.29) is 98.4 Å². The van der Waals surface area contributed by atoms with Gasteiger partial charge < -0.3 is 4.74 Å². The van der Waals surface area contributed by atoms with E-state index >= 15 is 0 Å². The SMILES string of the molecule is C.C.C.C.C.C.CC(C)CC(F)(F)c1ccccc1.CC(C)CC(F)(F)c1ccccn1.CC(C)CCc1ccccc1.CC(C)CCc1ccccn1.COc1cccc(C(F)(F)CC(C)C)c1. The minimum Gasteiger partial charge on any atom is -0.497 e. The quantitative estimate of drug-likeness (QED) is 0.0924. The Kier molecular flexibility index (Phi) is 44.1. The van der Waals surface area contributed by atoms with E-state index in [0.717, 1.165) is 18.3 Å². The molecule has 2 heterocycles. The highest BCUT2D eigenvalue weighted by molar-refractivity contribution is 5.31. The van der Waals surface area contributed by atoms with Crippen molar-refractivity contribution in [1.82, 2.24) is 9.97 Å². The Labute approximate surface area is 420 Å². The van der Waals surface area contributed by atoms with Gasteiger partial charge in [-0.05, 0) is 97.2 Å². The van der Waals surface area contributed by atoms with Gasteiger partial charge in [-0.25, -0.2) is 17.6 Å². The number of aromatic nitrogens is 2. The van der Waals surface area contributed by atoms with Crippen LogP contribution in [0.1, 0.15) is 174 Å².